The zero-order valence-corrected chi connectivity index (χ0v) is 23.7. The highest BCUT2D eigenvalue weighted by molar-refractivity contribution is 7.89. The summed E-state index contributed by atoms with van der Waals surface area (Å²) in [4.78, 5) is 13.7. The number of piperidine rings is 1. The lowest BCUT2D eigenvalue weighted by molar-refractivity contribution is -0.129. The van der Waals surface area contributed by atoms with Gasteiger partial charge in [0.1, 0.15) is 0 Å². The van der Waals surface area contributed by atoms with Crippen molar-refractivity contribution in [2.24, 2.45) is 0 Å². The van der Waals surface area contributed by atoms with E-state index in [-0.39, 0.29) is 34.3 Å². The summed E-state index contributed by atoms with van der Waals surface area (Å²) in [6.45, 7) is 13.1. The standard InChI is InChI=1S/C28H39NO4SSi/c1-21-14-16-23(17-15-21)34(31,32)29-20-25(33-35(5,6)27(2,3)4)24(22-11-8-7-9-12-22)19-28(29)18-10-13-26(28)30/h7-9,11-12,14-17,24-25H,10,13,18-20H2,1-6H3/t24-,25+,28-/m0/s1. The molecule has 0 radical (unpaired) electrons. The average molecular weight is 514 g/mol. The first-order valence-electron chi connectivity index (χ1n) is 12.6. The van der Waals surface area contributed by atoms with Crippen LogP contribution < -0.4 is 0 Å². The van der Waals surface area contributed by atoms with E-state index in [0.717, 1.165) is 11.1 Å². The molecule has 0 aromatic heterocycles. The van der Waals surface area contributed by atoms with Crippen molar-refractivity contribution in [3.63, 3.8) is 0 Å². The van der Waals surface area contributed by atoms with Crippen LogP contribution >= 0.6 is 0 Å². The first kappa shape index (κ1) is 26.3. The molecular formula is C28H39NO4SSi. The Morgan fingerprint density at radius 3 is 2.20 bits per heavy atom. The predicted octanol–water partition coefficient (Wildman–Crippen LogP) is 6.06. The lowest BCUT2D eigenvalue weighted by Gasteiger charge is -2.51. The van der Waals surface area contributed by atoms with Gasteiger partial charge in [-0.25, -0.2) is 8.42 Å². The molecule has 1 aliphatic heterocycles. The molecule has 3 atom stereocenters. The van der Waals surface area contributed by atoms with Crippen LogP contribution in [0.4, 0.5) is 0 Å². The van der Waals surface area contributed by atoms with Gasteiger partial charge in [-0.3, -0.25) is 4.79 Å². The molecule has 190 valence electrons. The summed E-state index contributed by atoms with van der Waals surface area (Å²) in [5.41, 5.74) is 1.09. The van der Waals surface area contributed by atoms with Gasteiger partial charge in [-0.15, -0.1) is 0 Å². The number of Topliss-reactive ketones (excluding diaryl/α,β-unsaturated/α-hetero) is 1. The number of carbonyl (C=O) groups excluding carboxylic acids is 1. The molecule has 1 aliphatic carbocycles. The maximum Gasteiger partial charge on any atom is 0.244 e. The molecule has 0 unspecified atom stereocenters. The highest BCUT2D eigenvalue weighted by Gasteiger charge is 2.58. The van der Waals surface area contributed by atoms with Crippen LogP contribution in [0, 0.1) is 6.92 Å². The van der Waals surface area contributed by atoms with E-state index in [4.69, 9.17) is 4.43 Å². The Kier molecular flexibility index (Phi) is 6.94. The van der Waals surface area contributed by atoms with Crippen LogP contribution in [0.25, 0.3) is 0 Å². The van der Waals surface area contributed by atoms with E-state index < -0.39 is 23.9 Å². The van der Waals surface area contributed by atoms with Crippen LogP contribution in [0.3, 0.4) is 0 Å². The Balaban J connectivity index is 1.83. The number of rotatable bonds is 5. The van der Waals surface area contributed by atoms with Crippen molar-refractivity contribution in [2.75, 3.05) is 6.54 Å². The first-order chi connectivity index (χ1) is 16.3. The predicted molar refractivity (Wildman–Crippen MR) is 143 cm³/mol. The summed E-state index contributed by atoms with van der Waals surface area (Å²) in [7, 11) is -6.10. The molecule has 2 aromatic carbocycles. The lowest BCUT2D eigenvalue weighted by atomic mass is 9.75. The number of carbonyl (C=O) groups is 1. The highest BCUT2D eigenvalue weighted by atomic mass is 32.2. The fourth-order valence-electron chi connectivity index (χ4n) is 5.33. The molecule has 5 nitrogen and oxygen atoms in total. The second-order valence-corrected chi connectivity index (χ2v) is 18.4. The first-order valence-corrected chi connectivity index (χ1v) is 17.0. The molecule has 0 amide bonds. The molecule has 2 aliphatic rings. The van der Waals surface area contributed by atoms with Gasteiger partial charge in [0.2, 0.25) is 10.0 Å². The number of nitrogens with zero attached hydrogens (tertiary/aromatic N) is 1. The van der Waals surface area contributed by atoms with Crippen LogP contribution in [0.5, 0.6) is 0 Å². The SMILES string of the molecule is Cc1ccc(S(=O)(=O)N2C[C@@H](O[Si](C)(C)C(C)(C)C)[C@H](c3ccccc3)C[C@]23CCCC3=O)cc1. The quantitative estimate of drug-likeness (QED) is 0.456. The van der Waals surface area contributed by atoms with Crippen molar-refractivity contribution < 1.29 is 17.6 Å². The van der Waals surface area contributed by atoms with Gasteiger partial charge in [0, 0.05) is 18.9 Å². The minimum absolute atomic E-state index is 0.0206. The van der Waals surface area contributed by atoms with Crippen molar-refractivity contribution in [1.82, 2.24) is 4.31 Å². The average Bonchev–Trinajstić information content (AvgIpc) is 3.14. The fraction of sp³-hybridized carbons (Fsp3) is 0.536. The molecule has 0 N–H and O–H groups in total. The Morgan fingerprint density at radius 2 is 1.66 bits per heavy atom. The molecule has 2 fully saturated rings. The van der Waals surface area contributed by atoms with Crippen LogP contribution in [-0.4, -0.2) is 45.0 Å². The third-order valence-electron chi connectivity index (χ3n) is 8.43. The van der Waals surface area contributed by atoms with E-state index in [1.54, 1.807) is 12.1 Å². The number of aryl methyl sites for hydroxylation is 1. The number of benzene rings is 2. The van der Waals surface area contributed by atoms with Crippen molar-refractivity contribution in [3.8, 4) is 0 Å². The largest absolute Gasteiger partial charge is 0.412 e. The van der Waals surface area contributed by atoms with Gasteiger partial charge in [-0.2, -0.15) is 4.31 Å². The molecule has 4 rings (SSSR count). The molecule has 35 heavy (non-hydrogen) atoms. The normalized spacial score (nSPS) is 26.4. The Morgan fingerprint density at radius 1 is 1.03 bits per heavy atom. The summed E-state index contributed by atoms with van der Waals surface area (Å²) in [6.07, 6.45) is 1.84. The monoisotopic (exact) mass is 513 g/mol. The Hall–Kier alpha value is -1.80. The summed E-state index contributed by atoms with van der Waals surface area (Å²) in [5, 5.41) is -0.0206. The number of sulfonamides is 1. The van der Waals surface area contributed by atoms with Gasteiger partial charge in [-0.05, 0) is 62.0 Å². The zero-order chi connectivity index (χ0) is 25.6. The van der Waals surface area contributed by atoms with Gasteiger partial charge >= 0.3 is 0 Å². The van der Waals surface area contributed by atoms with E-state index in [2.05, 4.69) is 46.0 Å². The van der Waals surface area contributed by atoms with E-state index in [1.165, 1.54) is 4.31 Å². The smallest absolute Gasteiger partial charge is 0.244 e. The van der Waals surface area contributed by atoms with Gasteiger partial charge in [0.05, 0.1) is 16.5 Å². The van der Waals surface area contributed by atoms with Crippen molar-refractivity contribution >= 4 is 24.1 Å². The molecule has 0 bridgehead atoms. The van der Waals surface area contributed by atoms with Crippen LogP contribution in [-0.2, 0) is 19.2 Å². The Bertz CT molecular complexity index is 1170. The topological polar surface area (TPSA) is 63.7 Å². The number of hydrogen-bond acceptors (Lipinski definition) is 4. The minimum atomic E-state index is -3.89. The van der Waals surface area contributed by atoms with Crippen molar-refractivity contribution in [2.45, 2.75) is 94.0 Å². The van der Waals surface area contributed by atoms with E-state index >= 15 is 0 Å². The molecular weight excluding hydrogens is 474 g/mol. The molecule has 1 saturated heterocycles. The zero-order valence-electron chi connectivity index (χ0n) is 21.9. The Labute approximate surface area is 212 Å². The van der Waals surface area contributed by atoms with E-state index in [9.17, 15) is 13.2 Å². The van der Waals surface area contributed by atoms with E-state index in [0.29, 0.717) is 25.7 Å². The third-order valence-corrected chi connectivity index (χ3v) is 14.9. The highest BCUT2D eigenvalue weighted by Crippen LogP contribution is 2.50. The number of ketones is 1. The third kappa shape index (κ3) is 4.80. The van der Waals surface area contributed by atoms with Gasteiger partial charge < -0.3 is 4.43 Å². The number of hydrogen-bond donors (Lipinski definition) is 0. The molecule has 1 heterocycles. The van der Waals surface area contributed by atoms with Crippen LogP contribution in [0.1, 0.15) is 63.5 Å². The minimum Gasteiger partial charge on any atom is -0.412 e. The van der Waals surface area contributed by atoms with Crippen molar-refractivity contribution in [3.05, 3.63) is 65.7 Å². The fourth-order valence-corrected chi connectivity index (χ4v) is 8.48. The summed E-state index contributed by atoms with van der Waals surface area (Å²) < 4.78 is 36.6. The second kappa shape index (κ2) is 9.25. The van der Waals surface area contributed by atoms with Crippen LogP contribution in [0.2, 0.25) is 18.1 Å². The van der Waals surface area contributed by atoms with E-state index in [1.807, 2.05) is 37.3 Å². The molecule has 1 saturated carbocycles. The summed E-state index contributed by atoms with van der Waals surface area (Å²) >= 11 is 0. The van der Waals surface area contributed by atoms with Crippen molar-refractivity contribution in [1.29, 1.82) is 0 Å². The van der Waals surface area contributed by atoms with Gasteiger partial charge in [0.15, 0.2) is 14.1 Å². The second-order valence-electron chi connectivity index (χ2n) is 11.8. The van der Waals surface area contributed by atoms with Gasteiger partial charge in [-0.1, -0.05) is 68.8 Å². The summed E-state index contributed by atoms with van der Waals surface area (Å²) in [6, 6.07) is 17.1. The van der Waals surface area contributed by atoms with Gasteiger partial charge in [0.25, 0.3) is 0 Å². The molecule has 1 spiro atoms. The molecule has 7 heteroatoms. The maximum atomic E-state index is 14.1. The molecule has 2 aromatic rings. The summed E-state index contributed by atoms with van der Waals surface area (Å²) in [5.74, 6) is -0.00302. The lowest BCUT2D eigenvalue weighted by Crippen LogP contribution is -2.63. The maximum absolute atomic E-state index is 14.1. The van der Waals surface area contributed by atoms with Crippen LogP contribution in [0.15, 0.2) is 59.5 Å².